The van der Waals surface area contributed by atoms with Crippen molar-refractivity contribution in [2.75, 3.05) is 11.9 Å². The molecule has 0 radical (unpaired) electrons. The van der Waals surface area contributed by atoms with Crippen LogP contribution in [0.25, 0.3) is 0 Å². The van der Waals surface area contributed by atoms with Crippen LogP contribution in [-0.4, -0.2) is 35.2 Å². The molecule has 1 aromatic heterocycles. The Morgan fingerprint density at radius 2 is 2.33 bits per heavy atom. The van der Waals surface area contributed by atoms with Crippen LogP contribution in [0.5, 0.6) is 5.88 Å². The second-order valence-corrected chi connectivity index (χ2v) is 5.33. The summed E-state index contributed by atoms with van der Waals surface area (Å²) in [5.41, 5.74) is -0.109. The van der Waals surface area contributed by atoms with Gasteiger partial charge in [-0.15, -0.1) is 0 Å². The molecule has 2 N–H and O–H groups in total. The highest BCUT2D eigenvalue weighted by Crippen LogP contribution is 2.26. The van der Waals surface area contributed by atoms with Crippen molar-refractivity contribution in [3.05, 3.63) is 18.3 Å². The number of carbonyl (C=O) groups excluding carboxylic acids is 2. The van der Waals surface area contributed by atoms with E-state index in [4.69, 9.17) is 9.47 Å². The van der Waals surface area contributed by atoms with Gasteiger partial charge in [0, 0.05) is 12.6 Å². The molecule has 1 aliphatic rings. The molecule has 1 unspecified atom stereocenters. The number of amides is 2. The quantitative estimate of drug-likeness (QED) is 0.825. The van der Waals surface area contributed by atoms with Gasteiger partial charge in [-0.05, 0) is 32.9 Å². The number of cyclic esters (lactones) is 1. The number of hydrogen-bond donors (Lipinski definition) is 2. The number of hydrogen-bond acceptors (Lipinski definition) is 5. The van der Waals surface area contributed by atoms with E-state index in [0.29, 0.717) is 24.6 Å². The summed E-state index contributed by atoms with van der Waals surface area (Å²) in [7, 11) is 0. The third-order valence-electron chi connectivity index (χ3n) is 2.96. The largest absolute Gasteiger partial charge is 0.476 e. The van der Waals surface area contributed by atoms with Crippen LogP contribution in [0.4, 0.5) is 10.5 Å². The molecular formula is C14H19N3O4. The number of ether oxygens (including phenoxy) is 2. The van der Waals surface area contributed by atoms with Crippen LogP contribution in [0, 0.1) is 0 Å². The molecule has 1 aromatic rings. The van der Waals surface area contributed by atoms with E-state index in [1.54, 1.807) is 32.2 Å². The van der Waals surface area contributed by atoms with E-state index in [2.05, 4.69) is 15.6 Å². The molecule has 0 aliphatic carbocycles. The van der Waals surface area contributed by atoms with Crippen LogP contribution < -0.4 is 15.4 Å². The third kappa shape index (κ3) is 3.84. The van der Waals surface area contributed by atoms with Gasteiger partial charge in [-0.25, -0.2) is 14.6 Å². The van der Waals surface area contributed by atoms with E-state index in [1.165, 1.54) is 0 Å². The van der Waals surface area contributed by atoms with Gasteiger partial charge in [0.1, 0.15) is 17.3 Å². The number of pyridine rings is 1. The predicted octanol–water partition coefficient (Wildman–Crippen LogP) is 1.70. The van der Waals surface area contributed by atoms with Crippen LogP contribution in [0.1, 0.15) is 27.2 Å². The summed E-state index contributed by atoms with van der Waals surface area (Å²) in [6, 6.07) is 2.22. The molecule has 2 rings (SSSR count). The lowest BCUT2D eigenvalue weighted by Crippen LogP contribution is -2.40. The second-order valence-electron chi connectivity index (χ2n) is 5.33. The van der Waals surface area contributed by atoms with Gasteiger partial charge in [0.15, 0.2) is 0 Å². The molecule has 2 amide bonds. The van der Waals surface area contributed by atoms with E-state index < -0.39 is 23.6 Å². The van der Waals surface area contributed by atoms with Crippen molar-refractivity contribution in [3.63, 3.8) is 0 Å². The Hall–Kier alpha value is -2.31. The van der Waals surface area contributed by atoms with Crippen molar-refractivity contribution < 1.29 is 19.1 Å². The molecule has 1 fully saturated rings. The summed E-state index contributed by atoms with van der Waals surface area (Å²) in [4.78, 5) is 27.6. The number of nitrogens with one attached hydrogen (secondary N) is 2. The minimum Gasteiger partial charge on any atom is -0.476 e. The number of anilines is 1. The Labute approximate surface area is 123 Å². The smallest absolute Gasteiger partial charge is 0.329 e. The summed E-state index contributed by atoms with van der Waals surface area (Å²) in [6.45, 7) is 5.88. The van der Waals surface area contributed by atoms with E-state index >= 15 is 0 Å². The number of esters is 1. The van der Waals surface area contributed by atoms with Crippen LogP contribution in [-0.2, 0) is 9.53 Å². The number of aromatic nitrogens is 1. The minimum atomic E-state index is -0.646. The molecule has 0 bridgehead atoms. The normalized spacial score (nSPS) is 19.8. The molecule has 7 heteroatoms. The number of urea groups is 1. The fourth-order valence-corrected chi connectivity index (χ4v) is 2.12. The van der Waals surface area contributed by atoms with E-state index in [-0.39, 0.29) is 0 Å². The average molecular weight is 293 g/mol. The molecule has 0 spiro atoms. The molecule has 0 saturated carbocycles. The van der Waals surface area contributed by atoms with E-state index in [0.717, 1.165) is 0 Å². The zero-order valence-corrected chi connectivity index (χ0v) is 12.3. The standard InChI is InChI=1S/C14H19N3O4/c1-4-20-11-9(6-5-7-15-11)16-13(19)17-10-8-14(2,3)21-12(10)18/h5-7,10H,4,8H2,1-3H3,(H2,16,17,19). The minimum absolute atomic E-state index is 0.337. The summed E-state index contributed by atoms with van der Waals surface area (Å²) >= 11 is 0. The SMILES string of the molecule is CCOc1ncccc1NC(=O)NC1CC(C)(C)OC1=O. The predicted molar refractivity (Wildman–Crippen MR) is 76.1 cm³/mol. The highest BCUT2D eigenvalue weighted by molar-refractivity contribution is 5.94. The second kappa shape index (κ2) is 5.99. The van der Waals surface area contributed by atoms with Crippen LogP contribution in [0.2, 0.25) is 0 Å². The Bertz CT molecular complexity index is 545. The Balaban J connectivity index is 1.98. The fraction of sp³-hybridized carbons (Fsp3) is 0.500. The zero-order valence-electron chi connectivity index (χ0n) is 12.3. The maximum Gasteiger partial charge on any atom is 0.329 e. The lowest BCUT2D eigenvalue weighted by molar-refractivity contribution is -0.147. The lowest BCUT2D eigenvalue weighted by atomic mass is 10.0. The summed E-state index contributed by atoms with van der Waals surface area (Å²) in [5.74, 6) is -0.0872. The van der Waals surface area contributed by atoms with Gasteiger partial charge in [-0.1, -0.05) is 0 Å². The summed E-state index contributed by atoms with van der Waals surface area (Å²) in [6.07, 6.45) is 2.01. The Kier molecular flexibility index (Phi) is 4.30. The van der Waals surface area contributed by atoms with Crippen molar-refractivity contribution in [2.24, 2.45) is 0 Å². The van der Waals surface area contributed by atoms with Gasteiger partial charge in [0.2, 0.25) is 5.88 Å². The van der Waals surface area contributed by atoms with Crippen molar-refractivity contribution >= 4 is 17.7 Å². The number of nitrogens with zero attached hydrogens (tertiary/aromatic N) is 1. The van der Waals surface area contributed by atoms with E-state index in [1.807, 2.05) is 6.92 Å². The van der Waals surface area contributed by atoms with Crippen molar-refractivity contribution in [3.8, 4) is 5.88 Å². The first kappa shape index (κ1) is 15.1. The van der Waals surface area contributed by atoms with Crippen molar-refractivity contribution in [1.82, 2.24) is 10.3 Å². The first-order valence-electron chi connectivity index (χ1n) is 6.79. The van der Waals surface area contributed by atoms with Gasteiger partial charge >= 0.3 is 12.0 Å². The summed E-state index contributed by atoms with van der Waals surface area (Å²) < 4.78 is 10.5. The molecular weight excluding hydrogens is 274 g/mol. The van der Waals surface area contributed by atoms with Gasteiger partial charge in [0.25, 0.3) is 0 Å². The molecule has 21 heavy (non-hydrogen) atoms. The third-order valence-corrected chi connectivity index (χ3v) is 2.96. The fourth-order valence-electron chi connectivity index (χ4n) is 2.12. The molecule has 1 aliphatic heterocycles. The first-order valence-corrected chi connectivity index (χ1v) is 6.79. The zero-order chi connectivity index (χ0) is 15.5. The molecule has 1 saturated heterocycles. The van der Waals surface area contributed by atoms with Crippen molar-refractivity contribution in [1.29, 1.82) is 0 Å². The topological polar surface area (TPSA) is 89.6 Å². The monoisotopic (exact) mass is 293 g/mol. The molecule has 114 valence electrons. The maximum absolute atomic E-state index is 12.0. The molecule has 7 nitrogen and oxygen atoms in total. The first-order chi connectivity index (χ1) is 9.91. The van der Waals surface area contributed by atoms with Gasteiger partial charge in [-0.3, -0.25) is 0 Å². The summed E-state index contributed by atoms with van der Waals surface area (Å²) in [5, 5.41) is 5.22. The number of carbonyl (C=O) groups is 2. The highest BCUT2D eigenvalue weighted by Gasteiger charge is 2.40. The average Bonchev–Trinajstić information content (AvgIpc) is 2.65. The Morgan fingerprint density at radius 3 is 2.95 bits per heavy atom. The van der Waals surface area contributed by atoms with Crippen LogP contribution in [0.15, 0.2) is 18.3 Å². The highest BCUT2D eigenvalue weighted by atomic mass is 16.6. The van der Waals surface area contributed by atoms with Gasteiger partial charge < -0.3 is 20.1 Å². The molecule has 1 atom stereocenters. The van der Waals surface area contributed by atoms with Gasteiger partial charge in [-0.2, -0.15) is 0 Å². The maximum atomic E-state index is 12.0. The van der Waals surface area contributed by atoms with Crippen LogP contribution >= 0.6 is 0 Å². The van der Waals surface area contributed by atoms with Crippen LogP contribution in [0.3, 0.4) is 0 Å². The Morgan fingerprint density at radius 1 is 1.57 bits per heavy atom. The lowest BCUT2D eigenvalue weighted by Gasteiger charge is -2.15. The van der Waals surface area contributed by atoms with Gasteiger partial charge in [0.05, 0.1) is 6.61 Å². The molecule has 2 heterocycles. The number of rotatable bonds is 4. The van der Waals surface area contributed by atoms with Crippen molar-refractivity contribution in [2.45, 2.75) is 38.8 Å². The van der Waals surface area contributed by atoms with E-state index in [9.17, 15) is 9.59 Å². The molecule has 0 aromatic carbocycles.